The number of benzene rings is 2. The minimum absolute atomic E-state index is 0.0676. The van der Waals surface area contributed by atoms with Crippen LogP contribution in [0.5, 0.6) is 11.5 Å². The highest BCUT2D eigenvalue weighted by Gasteiger charge is 2.05. The predicted molar refractivity (Wildman–Crippen MR) is 76.1 cm³/mol. The van der Waals surface area contributed by atoms with Gasteiger partial charge >= 0.3 is 0 Å². The molecule has 0 spiro atoms. The molecule has 0 heterocycles. The number of hydrogen-bond donors (Lipinski definition) is 2. The second-order valence-electron chi connectivity index (χ2n) is 3.98. The topological polar surface area (TPSA) is 41.5 Å². The molecule has 2 rings (SSSR count). The summed E-state index contributed by atoms with van der Waals surface area (Å²) in [5.41, 5.74) is 1.32. The Morgan fingerprint density at radius 2 is 2.05 bits per heavy atom. The summed E-state index contributed by atoms with van der Waals surface area (Å²) in [6, 6.07) is 9.41. The van der Waals surface area contributed by atoms with Crippen molar-refractivity contribution in [1.29, 1.82) is 0 Å². The first-order valence-electron chi connectivity index (χ1n) is 5.65. The van der Waals surface area contributed by atoms with Gasteiger partial charge in [0.1, 0.15) is 17.3 Å². The average Bonchev–Trinajstić information content (AvgIpc) is 2.41. The number of aromatic hydroxyl groups is 1. The Hall–Kier alpha value is -1.75. The van der Waals surface area contributed by atoms with Gasteiger partial charge in [-0.2, -0.15) is 0 Å². The number of methoxy groups -OCH3 is 1. The second kappa shape index (κ2) is 5.93. The van der Waals surface area contributed by atoms with Crippen LogP contribution in [0.2, 0.25) is 0 Å². The molecule has 0 unspecified atom stereocenters. The summed E-state index contributed by atoms with van der Waals surface area (Å²) >= 11 is 3.37. The van der Waals surface area contributed by atoms with Crippen LogP contribution in [0.15, 0.2) is 40.9 Å². The third kappa shape index (κ3) is 3.38. The second-order valence-corrected chi connectivity index (χ2v) is 4.83. The van der Waals surface area contributed by atoms with Gasteiger partial charge in [-0.1, -0.05) is 0 Å². The number of ether oxygens (including phenoxy) is 1. The Labute approximate surface area is 119 Å². The molecule has 100 valence electrons. The van der Waals surface area contributed by atoms with Crippen LogP contribution in [-0.4, -0.2) is 12.2 Å². The van der Waals surface area contributed by atoms with Gasteiger partial charge in [0.05, 0.1) is 11.6 Å². The van der Waals surface area contributed by atoms with Crippen LogP contribution in [-0.2, 0) is 6.54 Å². The summed E-state index contributed by atoms with van der Waals surface area (Å²) in [5, 5.41) is 12.7. The monoisotopic (exact) mass is 325 g/mol. The molecule has 0 aliphatic rings. The van der Waals surface area contributed by atoms with Crippen LogP contribution in [0.4, 0.5) is 10.1 Å². The van der Waals surface area contributed by atoms with Gasteiger partial charge in [0.2, 0.25) is 0 Å². The Morgan fingerprint density at radius 1 is 1.26 bits per heavy atom. The van der Waals surface area contributed by atoms with Crippen molar-refractivity contribution in [3.8, 4) is 11.5 Å². The third-order valence-corrected chi connectivity index (χ3v) is 3.33. The smallest absolute Gasteiger partial charge is 0.135 e. The first-order chi connectivity index (χ1) is 9.10. The summed E-state index contributed by atoms with van der Waals surface area (Å²) in [4.78, 5) is 0. The van der Waals surface area contributed by atoms with Crippen LogP contribution in [0.25, 0.3) is 0 Å². The van der Waals surface area contributed by atoms with Crippen LogP contribution in [0, 0.1) is 5.82 Å². The third-order valence-electron chi connectivity index (χ3n) is 2.68. The zero-order chi connectivity index (χ0) is 13.8. The molecule has 2 N–H and O–H groups in total. The highest BCUT2D eigenvalue weighted by molar-refractivity contribution is 9.10. The van der Waals surface area contributed by atoms with E-state index in [-0.39, 0.29) is 11.6 Å². The van der Waals surface area contributed by atoms with Crippen molar-refractivity contribution in [2.24, 2.45) is 0 Å². The normalized spacial score (nSPS) is 10.3. The van der Waals surface area contributed by atoms with Crippen molar-refractivity contribution in [2.45, 2.75) is 6.54 Å². The standard InChI is InChI=1S/C14H13BrFNO2/c1-19-14-7-11(3-4-12(14)15)17-8-9-6-10(16)2-5-13(9)18/h2-7,17-18H,8H2,1H3. The van der Waals surface area contributed by atoms with Crippen molar-refractivity contribution < 1.29 is 14.2 Å². The summed E-state index contributed by atoms with van der Waals surface area (Å²) in [6.45, 7) is 0.328. The number of phenols is 1. The lowest BCUT2D eigenvalue weighted by Crippen LogP contribution is -2.00. The Kier molecular flexibility index (Phi) is 4.27. The molecule has 0 bridgehead atoms. The summed E-state index contributed by atoms with van der Waals surface area (Å²) in [5.74, 6) is 0.398. The lowest BCUT2D eigenvalue weighted by molar-refractivity contribution is 0.412. The number of anilines is 1. The number of hydrogen-bond acceptors (Lipinski definition) is 3. The van der Waals surface area contributed by atoms with Gasteiger partial charge < -0.3 is 15.2 Å². The van der Waals surface area contributed by atoms with Gasteiger partial charge in [0.25, 0.3) is 0 Å². The predicted octanol–water partition coefficient (Wildman–Crippen LogP) is 3.91. The average molecular weight is 326 g/mol. The van der Waals surface area contributed by atoms with E-state index in [1.807, 2.05) is 18.2 Å². The molecule has 0 aliphatic carbocycles. The number of phenolic OH excluding ortho intramolecular Hbond substituents is 1. The van der Waals surface area contributed by atoms with E-state index in [0.717, 1.165) is 10.2 Å². The molecule has 0 atom stereocenters. The molecule has 0 aliphatic heterocycles. The van der Waals surface area contributed by atoms with Crippen molar-refractivity contribution >= 4 is 21.6 Å². The lowest BCUT2D eigenvalue weighted by Gasteiger charge is -2.10. The maximum Gasteiger partial charge on any atom is 0.135 e. The molecule has 0 fully saturated rings. The lowest BCUT2D eigenvalue weighted by atomic mass is 10.2. The first kappa shape index (κ1) is 13.7. The van der Waals surface area contributed by atoms with E-state index in [0.29, 0.717) is 17.9 Å². The quantitative estimate of drug-likeness (QED) is 0.895. The van der Waals surface area contributed by atoms with Crippen LogP contribution in [0.3, 0.4) is 0 Å². The minimum Gasteiger partial charge on any atom is -0.508 e. The fourth-order valence-electron chi connectivity index (χ4n) is 1.66. The summed E-state index contributed by atoms with van der Waals surface area (Å²) in [6.07, 6.45) is 0. The molecule has 0 saturated carbocycles. The van der Waals surface area contributed by atoms with Crippen molar-refractivity contribution in [2.75, 3.05) is 12.4 Å². The maximum atomic E-state index is 13.1. The molecule has 2 aromatic carbocycles. The van der Waals surface area contributed by atoms with E-state index < -0.39 is 0 Å². The largest absolute Gasteiger partial charge is 0.508 e. The van der Waals surface area contributed by atoms with Gasteiger partial charge in [0.15, 0.2) is 0 Å². The molecule has 19 heavy (non-hydrogen) atoms. The van der Waals surface area contributed by atoms with Crippen molar-refractivity contribution in [3.63, 3.8) is 0 Å². The fourth-order valence-corrected chi connectivity index (χ4v) is 2.07. The van der Waals surface area contributed by atoms with Gasteiger partial charge in [-0.15, -0.1) is 0 Å². The zero-order valence-electron chi connectivity index (χ0n) is 10.3. The Morgan fingerprint density at radius 3 is 2.79 bits per heavy atom. The van der Waals surface area contributed by atoms with E-state index in [1.165, 1.54) is 18.2 Å². The summed E-state index contributed by atoms with van der Waals surface area (Å²) in [7, 11) is 1.59. The molecule has 0 radical (unpaired) electrons. The molecule has 0 amide bonds. The number of nitrogens with one attached hydrogen (secondary N) is 1. The number of rotatable bonds is 4. The Balaban J connectivity index is 2.12. The van der Waals surface area contributed by atoms with Gasteiger partial charge in [-0.25, -0.2) is 4.39 Å². The number of halogens is 2. The van der Waals surface area contributed by atoms with E-state index in [4.69, 9.17) is 4.74 Å². The zero-order valence-corrected chi connectivity index (χ0v) is 11.9. The summed E-state index contributed by atoms with van der Waals surface area (Å²) < 4.78 is 19.1. The molecule has 0 saturated heterocycles. The minimum atomic E-state index is -0.372. The van der Waals surface area contributed by atoms with Gasteiger partial charge in [-0.3, -0.25) is 0 Å². The fraction of sp³-hybridized carbons (Fsp3) is 0.143. The first-order valence-corrected chi connectivity index (χ1v) is 6.44. The Bertz CT molecular complexity index is 590. The van der Waals surface area contributed by atoms with Crippen LogP contribution < -0.4 is 10.1 Å². The molecular weight excluding hydrogens is 313 g/mol. The van der Waals surface area contributed by atoms with E-state index in [2.05, 4.69) is 21.2 Å². The van der Waals surface area contributed by atoms with Crippen LogP contribution >= 0.6 is 15.9 Å². The molecular formula is C14H13BrFNO2. The molecule has 0 aromatic heterocycles. The van der Waals surface area contributed by atoms with E-state index >= 15 is 0 Å². The van der Waals surface area contributed by atoms with Crippen LogP contribution in [0.1, 0.15) is 5.56 Å². The van der Waals surface area contributed by atoms with Gasteiger partial charge in [-0.05, 0) is 46.3 Å². The molecule has 5 heteroatoms. The van der Waals surface area contributed by atoms with Crippen molar-refractivity contribution in [3.05, 3.63) is 52.3 Å². The van der Waals surface area contributed by atoms with Gasteiger partial charge in [0, 0.05) is 23.9 Å². The van der Waals surface area contributed by atoms with Crippen molar-refractivity contribution in [1.82, 2.24) is 0 Å². The highest BCUT2D eigenvalue weighted by atomic mass is 79.9. The van der Waals surface area contributed by atoms with E-state index in [1.54, 1.807) is 7.11 Å². The molecule has 3 nitrogen and oxygen atoms in total. The SMILES string of the molecule is COc1cc(NCc2cc(F)ccc2O)ccc1Br. The molecule has 2 aromatic rings. The van der Waals surface area contributed by atoms with E-state index in [9.17, 15) is 9.50 Å². The highest BCUT2D eigenvalue weighted by Crippen LogP contribution is 2.28. The maximum absolute atomic E-state index is 13.1.